The molecule has 0 spiro atoms. The van der Waals surface area contributed by atoms with Crippen molar-refractivity contribution in [3.05, 3.63) is 47.8 Å². The van der Waals surface area contributed by atoms with Crippen LogP contribution in [0.15, 0.2) is 36.5 Å². The van der Waals surface area contributed by atoms with E-state index in [4.69, 9.17) is 9.47 Å². The molecule has 1 saturated heterocycles. The summed E-state index contributed by atoms with van der Waals surface area (Å²) >= 11 is 0. The number of hydrogen-bond acceptors (Lipinski definition) is 5. The van der Waals surface area contributed by atoms with Crippen molar-refractivity contribution in [3.8, 4) is 11.5 Å². The number of anilines is 1. The van der Waals surface area contributed by atoms with Crippen LogP contribution < -0.4 is 14.8 Å². The molecule has 1 aromatic heterocycles. The summed E-state index contributed by atoms with van der Waals surface area (Å²) in [6.07, 6.45) is 9.39. The van der Waals surface area contributed by atoms with Crippen LogP contribution in [0.2, 0.25) is 0 Å². The minimum atomic E-state index is 0.345. The Morgan fingerprint density at radius 2 is 1.83 bits per heavy atom. The van der Waals surface area contributed by atoms with Gasteiger partial charge in [-0.25, -0.2) is 0 Å². The lowest BCUT2D eigenvalue weighted by Gasteiger charge is -2.33. The molecule has 0 atom stereocenters. The molecule has 2 fully saturated rings. The molecule has 1 aliphatic carbocycles. The quantitative estimate of drug-likeness (QED) is 0.730. The van der Waals surface area contributed by atoms with Crippen LogP contribution in [0.5, 0.6) is 11.5 Å². The van der Waals surface area contributed by atoms with Gasteiger partial charge in [-0.3, -0.25) is 9.88 Å². The number of benzene rings is 1. The van der Waals surface area contributed by atoms with Gasteiger partial charge in [0.1, 0.15) is 0 Å². The molecule has 2 aliphatic rings. The van der Waals surface area contributed by atoms with Crippen molar-refractivity contribution in [1.82, 2.24) is 9.88 Å². The molecule has 0 bridgehead atoms. The first-order valence-electron chi connectivity index (χ1n) is 10.9. The summed E-state index contributed by atoms with van der Waals surface area (Å²) in [5.41, 5.74) is 3.54. The van der Waals surface area contributed by atoms with Gasteiger partial charge in [-0.2, -0.15) is 0 Å². The van der Waals surface area contributed by atoms with Gasteiger partial charge in [0.15, 0.2) is 11.5 Å². The van der Waals surface area contributed by atoms with E-state index in [2.05, 4.69) is 45.5 Å². The normalized spacial score (nSPS) is 18.7. The SMILES string of the molecule is COc1ccc(CN2CCC(Nc3ccnc(C)c3)CC2)cc1OC1CCCC1. The van der Waals surface area contributed by atoms with Gasteiger partial charge in [0.2, 0.25) is 0 Å². The highest BCUT2D eigenvalue weighted by atomic mass is 16.5. The summed E-state index contributed by atoms with van der Waals surface area (Å²) in [5, 5.41) is 3.67. The van der Waals surface area contributed by atoms with E-state index in [0.717, 1.165) is 62.5 Å². The maximum Gasteiger partial charge on any atom is 0.161 e. The molecule has 5 nitrogen and oxygen atoms in total. The number of nitrogens with one attached hydrogen (secondary N) is 1. The Bertz CT molecular complexity index is 796. The van der Waals surface area contributed by atoms with Crippen LogP contribution in [0.1, 0.15) is 49.8 Å². The molecule has 4 rings (SSSR count). The van der Waals surface area contributed by atoms with Crippen molar-refractivity contribution in [2.24, 2.45) is 0 Å². The van der Waals surface area contributed by atoms with Crippen LogP contribution >= 0.6 is 0 Å². The van der Waals surface area contributed by atoms with Gasteiger partial charge in [0.25, 0.3) is 0 Å². The standard InChI is InChI=1S/C24H33N3O2/c1-18-15-21(9-12-25-18)26-20-10-13-27(14-11-20)17-19-7-8-23(28-2)24(16-19)29-22-5-3-4-6-22/h7-9,12,15-16,20,22H,3-6,10-11,13-14,17H2,1-2H3,(H,25,26). The smallest absolute Gasteiger partial charge is 0.161 e. The monoisotopic (exact) mass is 395 g/mol. The number of hydrogen-bond donors (Lipinski definition) is 1. The molecule has 1 aliphatic heterocycles. The number of piperidine rings is 1. The van der Waals surface area contributed by atoms with Crippen molar-refractivity contribution in [2.45, 2.75) is 64.1 Å². The lowest BCUT2D eigenvalue weighted by molar-refractivity contribution is 0.197. The fourth-order valence-electron chi connectivity index (χ4n) is 4.46. The van der Waals surface area contributed by atoms with E-state index in [0.29, 0.717) is 12.1 Å². The third-order valence-electron chi connectivity index (χ3n) is 6.09. The fraction of sp³-hybridized carbons (Fsp3) is 0.542. The zero-order valence-corrected chi connectivity index (χ0v) is 17.7. The first-order chi connectivity index (χ1) is 14.2. The van der Waals surface area contributed by atoms with Crippen molar-refractivity contribution in [2.75, 3.05) is 25.5 Å². The van der Waals surface area contributed by atoms with Crippen molar-refractivity contribution in [1.29, 1.82) is 0 Å². The summed E-state index contributed by atoms with van der Waals surface area (Å²) < 4.78 is 11.8. The summed E-state index contributed by atoms with van der Waals surface area (Å²) in [6.45, 7) is 5.21. The predicted octanol–water partition coefficient (Wildman–Crippen LogP) is 4.80. The average Bonchev–Trinajstić information content (AvgIpc) is 3.23. The van der Waals surface area contributed by atoms with Gasteiger partial charge in [-0.1, -0.05) is 6.07 Å². The van der Waals surface area contributed by atoms with E-state index < -0.39 is 0 Å². The molecule has 1 N–H and O–H groups in total. The van der Waals surface area contributed by atoms with Gasteiger partial charge in [-0.15, -0.1) is 0 Å². The summed E-state index contributed by atoms with van der Waals surface area (Å²) in [5.74, 6) is 1.75. The molecular weight excluding hydrogens is 362 g/mol. The van der Waals surface area contributed by atoms with Gasteiger partial charge >= 0.3 is 0 Å². The number of ether oxygens (including phenoxy) is 2. The molecule has 1 aromatic carbocycles. The predicted molar refractivity (Wildman–Crippen MR) is 117 cm³/mol. The number of methoxy groups -OCH3 is 1. The minimum Gasteiger partial charge on any atom is -0.493 e. The average molecular weight is 396 g/mol. The second-order valence-electron chi connectivity index (χ2n) is 8.39. The van der Waals surface area contributed by atoms with Crippen molar-refractivity contribution < 1.29 is 9.47 Å². The molecule has 1 saturated carbocycles. The van der Waals surface area contributed by atoms with Gasteiger partial charge in [-0.05, 0) is 75.3 Å². The van der Waals surface area contributed by atoms with Crippen LogP contribution in [0.25, 0.3) is 0 Å². The van der Waals surface area contributed by atoms with Crippen LogP contribution in [0, 0.1) is 6.92 Å². The Hall–Kier alpha value is -2.27. The first-order valence-corrected chi connectivity index (χ1v) is 10.9. The Kier molecular flexibility index (Phi) is 6.55. The van der Waals surface area contributed by atoms with Crippen LogP contribution in [-0.2, 0) is 6.54 Å². The second kappa shape index (κ2) is 9.49. The zero-order chi connectivity index (χ0) is 20.1. The maximum atomic E-state index is 6.26. The van der Waals surface area contributed by atoms with Crippen LogP contribution in [0.4, 0.5) is 5.69 Å². The third kappa shape index (κ3) is 5.41. The van der Waals surface area contributed by atoms with Gasteiger partial charge < -0.3 is 14.8 Å². The molecule has 2 heterocycles. The number of aromatic nitrogens is 1. The van der Waals surface area contributed by atoms with E-state index in [9.17, 15) is 0 Å². The second-order valence-corrected chi connectivity index (χ2v) is 8.39. The minimum absolute atomic E-state index is 0.345. The molecule has 0 unspecified atom stereocenters. The third-order valence-corrected chi connectivity index (χ3v) is 6.09. The maximum absolute atomic E-state index is 6.26. The lowest BCUT2D eigenvalue weighted by atomic mass is 10.0. The molecule has 156 valence electrons. The summed E-state index contributed by atoms with van der Waals surface area (Å²) in [4.78, 5) is 6.81. The number of aryl methyl sites for hydroxylation is 1. The Labute approximate surface area is 174 Å². The lowest BCUT2D eigenvalue weighted by Crippen LogP contribution is -2.38. The molecular formula is C24H33N3O2. The molecule has 5 heteroatoms. The highest BCUT2D eigenvalue weighted by Crippen LogP contribution is 2.33. The summed E-state index contributed by atoms with van der Waals surface area (Å²) in [6, 6.07) is 11.1. The molecule has 2 aromatic rings. The van der Waals surface area contributed by atoms with Crippen molar-refractivity contribution in [3.63, 3.8) is 0 Å². The van der Waals surface area contributed by atoms with E-state index in [1.807, 2.05) is 13.1 Å². The van der Waals surface area contributed by atoms with E-state index >= 15 is 0 Å². The number of rotatable bonds is 7. The van der Waals surface area contributed by atoms with E-state index in [-0.39, 0.29) is 0 Å². The number of likely N-dealkylation sites (tertiary alicyclic amines) is 1. The van der Waals surface area contributed by atoms with Gasteiger partial charge in [0, 0.05) is 43.3 Å². The van der Waals surface area contributed by atoms with E-state index in [1.54, 1.807) is 7.11 Å². The topological polar surface area (TPSA) is 46.6 Å². The highest BCUT2D eigenvalue weighted by molar-refractivity contribution is 5.44. The Morgan fingerprint density at radius 1 is 1.03 bits per heavy atom. The largest absolute Gasteiger partial charge is 0.493 e. The fourth-order valence-corrected chi connectivity index (χ4v) is 4.46. The Morgan fingerprint density at radius 3 is 2.55 bits per heavy atom. The van der Waals surface area contributed by atoms with Gasteiger partial charge in [0.05, 0.1) is 13.2 Å². The van der Waals surface area contributed by atoms with Crippen LogP contribution in [0.3, 0.4) is 0 Å². The Balaban J connectivity index is 1.31. The molecule has 29 heavy (non-hydrogen) atoms. The van der Waals surface area contributed by atoms with Crippen LogP contribution in [-0.4, -0.2) is 42.2 Å². The zero-order valence-electron chi connectivity index (χ0n) is 17.7. The highest BCUT2D eigenvalue weighted by Gasteiger charge is 2.21. The number of pyridine rings is 1. The van der Waals surface area contributed by atoms with E-state index in [1.165, 1.54) is 24.1 Å². The molecule has 0 radical (unpaired) electrons. The summed E-state index contributed by atoms with van der Waals surface area (Å²) in [7, 11) is 1.72. The number of nitrogens with zero attached hydrogens (tertiary/aromatic N) is 2. The van der Waals surface area contributed by atoms with Crippen molar-refractivity contribution >= 4 is 5.69 Å². The first kappa shape index (κ1) is 20.0. The molecule has 0 amide bonds.